The summed E-state index contributed by atoms with van der Waals surface area (Å²) in [5, 5.41) is 14.0. The molecule has 0 unspecified atom stereocenters. The molecule has 2 N–H and O–H groups in total. The molecule has 6 nitrogen and oxygen atoms in total. The van der Waals surface area contributed by atoms with Crippen LogP contribution in [-0.2, 0) is 0 Å². The number of anilines is 1. The number of methoxy groups -OCH3 is 2. The lowest BCUT2D eigenvalue weighted by Crippen LogP contribution is -2.15. The minimum Gasteiger partial charge on any atom is -0.497 e. The van der Waals surface area contributed by atoms with Crippen molar-refractivity contribution in [2.75, 3.05) is 19.5 Å². The third kappa shape index (κ3) is 4.20. The highest BCUT2D eigenvalue weighted by molar-refractivity contribution is 7.14. The monoisotopic (exact) mass is 485 g/mol. The first-order chi connectivity index (χ1) is 14.3. The molecule has 0 aliphatic rings. The molecule has 0 saturated carbocycles. The second-order valence-electron chi connectivity index (χ2n) is 5.91. The molecular weight excluding hydrogens is 473 g/mol. The van der Waals surface area contributed by atoms with Gasteiger partial charge in [0.15, 0.2) is 5.75 Å². The van der Waals surface area contributed by atoms with Gasteiger partial charge in [0.1, 0.15) is 16.3 Å². The van der Waals surface area contributed by atoms with Crippen LogP contribution in [0.15, 0.2) is 35.7 Å². The fraction of sp³-hybridized carbons (Fsp3) is 0.100. The van der Waals surface area contributed by atoms with Crippen LogP contribution in [-0.4, -0.2) is 31.2 Å². The number of carbonyl (C=O) groups excluding carboxylic acids is 1. The number of rotatable bonds is 6. The summed E-state index contributed by atoms with van der Waals surface area (Å²) < 4.78 is 10.2. The van der Waals surface area contributed by atoms with Crippen molar-refractivity contribution in [1.29, 1.82) is 0 Å². The summed E-state index contributed by atoms with van der Waals surface area (Å²) in [5.41, 5.74) is 0.760. The third-order valence-electron chi connectivity index (χ3n) is 4.17. The van der Waals surface area contributed by atoms with Gasteiger partial charge in [0.25, 0.3) is 5.91 Å². The Kier molecular flexibility index (Phi) is 6.77. The summed E-state index contributed by atoms with van der Waals surface area (Å²) in [5.74, 6) is -1.14. The lowest BCUT2D eigenvalue weighted by Gasteiger charge is -2.12. The van der Waals surface area contributed by atoms with Crippen molar-refractivity contribution in [2.45, 2.75) is 0 Å². The van der Waals surface area contributed by atoms with Crippen LogP contribution in [0.25, 0.3) is 10.4 Å². The van der Waals surface area contributed by atoms with Crippen molar-refractivity contribution in [3.05, 3.63) is 61.9 Å². The molecule has 0 fully saturated rings. The largest absolute Gasteiger partial charge is 0.497 e. The summed E-state index contributed by atoms with van der Waals surface area (Å²) in [7, 11) is 2.88. The van der Waals surface area contributed by atoms with E-state index in [4.69, 9.17) is 44.3 Å². The number of amides is 1. The topological polar surface area (TPSA) is 84.9 Å². The number of ether oxygens (including phenoxy) is 2. The molecule has 2 aromatic carbocycles. The molecule has 3 aromatic rings. The van der Waals surface area contributed by atoms with Gasteiger partial charge in [0.2, 0.25) is 0 Å². The maximum absolute atomic E-state index is 12.8. The number of benzene rings is 2. The van der Waals surface area contributed by atoms with E-state index < -0.39 is 11.9 Å². The molecule has 30 heavy (non-hydrogen) atoms. The molecule has 0 radical (unpaired) electrons. The summed E-state index contributed by atoms with van der Waals surface area (Å²) in [6.45, 7) is 0. The highest BCUT2D eigenvalue weighted by atomic mass is 35.5. The van der Waals surface area contributed by atoms with Crippen LogP contribution < -0.4 is 14.8 Å². The van der Waals surface area contributed by atoms with Gasteiger partial charge in [-0.3, -0.25) is 4.79 Å². The van der Waals surface area contributed by atoms with Gasteiger partial charge >= 0.3 is 5.97 Å². The standard InChI is InChI=1S/C20H14Cl3NO5S/c1-28-10-5-3-9(4-6-10)18-14(20(26)27)13(8-30-18)24-19(25)11-7-12(21)16(23)17(29-2)15(11)22/h3-8H,1-2H3,(H,24,25)(H,26,27). The van der Waals surface area contributed by atoms with Gasteiger partial charge in [-0.15, -0.1) is 11.3 Å². The summed E-state index contributed by atoms with van der Waals surface area (Å²) in [4.78, 5) is 25.2. The van der Waals surface area contributed by atoms with E-state index in [-0.39, 0.29) is 37.6 Å². The number of hydrogen-bond acceptors (Lipinski definition) is 5. The Morgan fingerprint density at radius 3 is 2.27 bits per heavy atom. The van der Waals surface area contributed by atoms with Crippen LogP contribution in [0.2, 0.25) is 15.1 Å². The van der Waals surface area contributed by atoms with Crippen molar-refractivity contribution in [1.82, 2.24) is 0 Å². The Balaban J connectivity index is 2.00. The van der Waals surface area contributed by atoms with Crippen LogP contribution in [0.1, 0.15) is 20.7 Å². The van der Waals surface area contributed by atoms with Crippen LogP contribution in [0.5, 0.6) is 11.5 Å². The molecule has 10 heteroatoms. The van der Waals surface area contributed by atoms with Crippen molar-refractivity contribution in [3.8, 4) is 21.9 Å². The molecule has 3 rings (SSSR count). The molecule has 1 aromatic heterocycles. The fourth-order valence-electron chi connectivity index (χ4n) is 2.73. The van der Waals surface area contributed by atoms with E-state index in [0.29, 0.717) is 16.2 Å². The highest BCUT2D eigenvalue weighted by Gasteiger charge is 2.24. The maximum Gasteiger partial charge on any atom is 0.339 e. The predicted molar refractivity (Wildman–Crippen MR) is 119 cm³/mol. The number of halogens is 3. The summed E-state index contributed by atoms with van der Waals surface area (Å²) in [6, 6.07) is 8.22. The van der Waals surface area contributed by atoms with E-state index in [1.165, 1.54) is 24.5 Å². The van der Waals surface area contributed by atoms with E-state index >= 15 is 0 Å². The van der Waals surface area contributed by atoms with Crippen LogP contribution >= 0.6 is 46.1 Å². The SMILES string of the molecule is COc1ccc(-c2scc(NC(=O)c3cc(Cl)c(Cl)c(OC)c3Cl)c2C(=O)O)cc1. The van der Waals surface area contributed by atoms with Crippen LogP contribution in [0.4, 0.5) is 5.69 Å². The molecule has 1 heterocycles. The quantitative estimate of drug-likeness (QED) is 0.397. The van der Waals surface area contributed by atoms with Gasteiger partial charge < -0.3 is 19.9 Å². The Bertz CT molecular complexity index is 1130. The summed E-state index contributed by atoms with van der Waals surface area (Å²) in [6.07, 6.45) is 0. The second kappa shape index (κ2) is 9.14. The lowest BCUT2D eigenvalue weighted by molar-refractivity contribution is 0.0699. The van der Waals surface area contributed by atoms with Crippen molar-refractivity contribution in [2.24, 2.45) is 0 Å². The van der Waals surface area contributed by atoms with Gasteiger partial charge in [-0.2, -0.15) is 0 Å². The fourth-order valence-corrected chi connectivity index (χ4v) is 4.51. The Morgan fingerprint density at radius 2 is 1.70 bits per heavy atom. The average Bonchev–Trinajstić information content (AvgIpc) is 3.15. The Morgan fingerprint density at radius 1 is 1.03 bits per heavy atom. The molecule has 0 aliphatic heterocycles. The number of hydrogen-bond donors (Lipinski definition) is 2. The minimum absolute atomic E-state index is 0.00328. The average molecular weight is 487 g/mol. The van der Waals surface area contributed by atoms with E-state index in [9.17, 15) is 14.7 Å². The van der Waals surface area contributed by atoms with Crippen LogP contribution in [0.3, 0.4) is 0 Å². The van der Waals surface area contributed by atoms with E-state index in [1.54, 1.807) is 36.8 Å². The summed E-state index contributed by atoms with van der Waals surface area (Å²) >= 11 is 19.5. The van der Waals surface area contributed by atoms with Gasteiger partial charge in [-0.1, -0.05) is 34.8 Å². The van der Waals surface area contributed by atoms with Crippen molar-refractivity contribution < 1.29 is 24.2 Å². The highest BCUT2D eigenvalue weighted by Crippen LogP contribution is 2.41. The molecular formula is C20H14Cl3NO5S. The van der Waals surface area contributed by atoms with E-state index in [2.05, 4.69) is 5.32 Å². The molecule has 0 aliphatic carbocycles. The molecule has 0 spiro atoms. The zero-order valence-electron chi connectivity index (χ0n) is 15.6. The van der Waals surface area contributed by atoms with E-state index in [0.717, 1.165) is 0 Å². The first-order valence-electron chi connectivity index (χ1n) is 8.30. The third-order valence-corrected chi connectivity index (χ3v) is 6.34. The first kappa shape index (κ1) is 22.2. The molecule has 0 atom stereocenters. The zero-order chi connectivity index (χ0) is 22.0. The number of nitrogens with one attached hydrogen (secondary N) is 1. The zero-order valence-corrected chi connectivity index (χ0v) is 18.7. The van der Waals surface area contributed by atoms with E-state index in [1.807, 2.05) is 0 Å². The predicted octanol–water partition coefficient (Wildman–Crippen LogP) is 6.34. The Labute approximate surface area is 190 Å². The van der Waals surface area contributed by atoms with Crippen molar-refractivity contribution >= 4 is 63.7 Å². The maximum atomic E-state index is 12.8. The second-order valence-corrected chi connectivity index (χ2v) is 7.95. The smallest absolute Gasteiger partial charge is 0.339 e. The van der Waals surface area contributed by atoms with Gasteiger partial charge in [-0.05, 0) is 35.9 Å². The van der Waals surface area contributed by atoms with Gasteiger partial charge in [0.05, 0.1) is 40.4 Å². The molecule has 1 amide bonds. The molecule has 0 saturated heterocycles. The van der Waals surface area contributed by atoms with Crippen LogP contribution in [0, 0.1) is 0 Å². The molecule has 0 bridgehead atoms. The normalized spacial score (nSPS) is 10.6. The number of carbonyl (C=O) groups is 2. The van der Waals surface area contributed by atoms with Gasteiger partial charge in [0, 0.05) is 5.38 Å². The number of carboxylic acids is 1. The minimum atomic E-state index is -1.19. The number of carboxylic acid groups (broad SMARTS) is 1. The number of thiophene rings is 1. The first-order valence-corrected chi connectivity index (χ1v) is 10.3. The van der Waals surface area contributed by atoms with Gasteiger partial charge in [-0.25, -0.2) is 4.79 Å². The lowest BCUT2D eigenvalue weighted by atomic mass is 10.1. The number of aromatic carboxylic acids is 1. The Hall–Kier alpha value is -2.45. The molecule has 156 valence electrons. The van der Waals surface area contributed by atoms with Crippen molar-refractivity contribution in [3.63, 3.8) is 0 Å².